The van der Waals surface area contributed by atoms with Gasteiger partial charge in [0, 0.05) is 26.7 Å². The molecule has 0 radical (unpaired) electrons. The summed E-state index contributed by atoms with van der Waals surface area (Å²) >= 11 is 0. The standard InChI is InChI=1S/C24H33FN4O4S/c1-17(2)26-24(31)19(4)28(15-20-9-7-8-18(3)14-20)23(30)16-29(34(32,33)27(5)6)22-12-10-21(25)11-13-22/h7-14,17,19H,15-16H2,1-6H3,(H,26,31). The Bertz CT molecular complexity index is 1100. The van der Waals surface area contributed by atoms with Gasteiger partial charge in [-0.25, -0.2) is 8.70 Å². The third-order valence-corrected chi connectivity index (χ3v) is 6.99. The second-order valence-electron chi connectivity index (χ2n) is 8.62. The molecule has 1 atom stereocenters. The number of carbonyl (C=O) groups is 2. The minimum Gasteiger partial charge on any atom is -0.352 e. The summed E-state index contributed by atoms with van der Waals surface area (Å²) in [7, 11) is -1.39. The Morgan fingerprint density at radius 1 is 1.03 bits per heavy atom. The van der Waals surface area contributed by atoms with Crippen molar-refractivity contribution in [3.05, 3.63) is 65.5 Å². The van der Waals surface area contributed by atoms with Crippen LogP contribution < -0.4 is 9.62 Å². The van der Waals surface area contributed by atoms with Gasteiger partial charge < -0.3 is 10.2 Å². The van der Waals surface area contributed by atoms with Gasteiger partial charge in [0.1, 0.15) is 18.4 Å². The number of aryl methyl sites for hydroxylation is 1. The van der Waals surface area contributed by atoms with E-state index in [2.05, 4.69) is 5.32 Å². The molecular weight excluding hydrogens is 459 g/mol. The van der Waals surface area contributed by atoms with Gasteiger partial charge in [-0.15, -0.1) is 0 Å². The molecule has 2 aromatic rings. The summed E-state index contributed by atoms with van der Waals surface area (Å²) < 4.78 is 41.4. The molecule has 0 aliphatic rings. The minimum atomic E-state index is -4.08. The lowest BCUT2D eigenvalue weighted by molar-refractivity contribution is -0.139. The van der Waals surface area contributed by atoms with Crippen molar-refractivity contribution in [3.8, 4) is 0 Å². The number of nitrogens with one attached hydrogen (secondary N) is 1. The average molecular weight is 493 g/mol. The van der Waals surface area contributed by atoms with E-state index in [1.54, 1.807) is 6.92 Å². The van der Waals surface area contributed by atoms with E-state index in [0.717, 1.165) is 31.9 Å². The predicted octanol–water partition coefficient (Wildman–Crippen LogP) is 2.69. The van der Waals surface area contributed by atoms with Crippen LogP contribution in [0.15, 0.2) is 48.5 Å². The molecule has 10 heteroatoms. The van der Waals surface area contributed by atoms with Gasteiger partial charge >= 0.3 is 10.2 Å². The van der Waals surface area contributed by atoms with Gasteiger partial charge in [-0.05, 0) is 57.5 Å². The van der Waals surface area contributed by atoms with Crippen molar-refractivity contribution in [2.75, 3.05) is 24.9 Å². The monoisotopic (exact) mass is 492 g/mol. The summed E-state index contributed by atoms with van der Waals surface area (Å²) in [6.45, 7) is 6.72. The summed E-state index contributed by atoms with van der Waals surface area (Å²) in [5.74, 6) is -1.44. The third kappa shape index (κ3) is 7.01. The number of carbonyl (C=O) groups excluding carboxylic acids is 2. The Hall–Kier alpha value is -2.98. The number of hydrogen-bond acceptors (Lipinski definition) is 4. The molecule has 0 aliphatic carbocycles. The molecule has 0 bridgehead atoms. The summed E-state index contributed by atoms with van der Waals surface area (Å²) in [5.41, 5.74) is 1.94. The zero-order valence-electron chi connectivity index (χ0n) is 20.4. The topological polar surface area (TPSA) is 90.0 Å². The molecule has 2 amide bonds. The van der Waals surface area contributed by atoms with Crippen molar-refractivity contribution in [2.24, 2.45) is 0 Å². The number of amides is 2. The molecule has 1 unspecified atom stereocenters. The molecule has 0 heterocycles. The molecule has 0 aromatic heterocycles. The maximum absolute atomic E-state index is 13.5. The summed E-state index contributed by atoms with van der Waals surface area (Å²) in [6, 6.07) is 11.4. The molecule has 0 saturated carbocycles. The first kappa shape index (κ1) is 27.3. The fraction of sp³-hybridized carbons (Fsp3) is 0.417. The molecular formula is C24H33FN4O4S. The zero-order valence-corrected chi connectivity index (χ0v) is 21.3. The molecule has 2 rings (SSSR count). The highest BCUT2D eigenvalue weighted by Crippen LogP contribution is 2.21. The van der Waals surface area contributed by atoms with Gasteiger partial charge in [0.2, 0.25) is 11.8 Å². The fourth-order valence-electron chi connectivity index (χ4n) is 3.32. The van der Waals surface area contributed by atoms with Crippen LogP contribution >= 0.6 is 0 Å². The number of benzene rings is 2. The molecule has 0 fully saturated rings. The lowest BCUT2D eigenvalue weighted by atomic mass is 10.1. The number of halogens is 1. The average Bonchev–Trinajstić information content (AvgIpc) is 2.75. The molecule has 8 nitrogen and oxygen atoms in total. The third-order valence-electron chi connectivity index (χ3n) is 5.17. The van der Waals surface area contributed by atoms with Crippen LogP contribution in [0.5, 0.6) is 0 Å². The van der Waals surface area contributed by atoms with Crippen LogP contribution in [0.2, 0.25) is 0 Å². The molecule has 2 aromatic carbocycles. The smallest absolute Gasteiger partial charge is 0.304 e. The summed E-state index contributed by atoms with van der Waals surface area (Å²) in [4.78, 5) is 27.7. The van der Waals surface area contributed by atoms with Crippen LogP contribution in [0.3, 0.4) is 0 Å². The van der Waals surface area contributed by atoms with E-state index in [1.807, 2.05) is 45.0 Å². The van der Waals surface area contributed by atoms with Crippen molar-refractivity contribution in [1.29, 1.82) is 0 Å². The maximum Gasteiger partial charge on any atom is 0.304 e. The second-order valence-corrected chi connectivity index (χ2v) is 10.7. The Morgan fingerprint density at radius 3 is 2.18 bits per heavy atom. The summed E-state index contributed by atoms with van der Waals surface area (Å²) in [6.07, 6.45) is 0. The van der Waals surface area contributed by atoms with E-state index < -0.39 is 34.5 Å². The molecule has 0 aliphatic heterocycles. The predicted molar refractivity (Wildman–Crippen MR) is 131 cm³/mol. The Balaban J connectivity index is 2.45. The van der Waals surface area contributed by atoms with Crippen LogP contribution in [0, 0.1) is 12.7 Å². The van der Waals surface area contributed by atoms with Crippen molar-refractivity contribution < 1.29 is 22.4 Å². The number of anilines is 1. The van der Waals surface area contributed by atoms with Gasteiger partial charge in [-0.2, -0.15) is 12.7 Å². The number of rotatable bonds is 10. The van der Waals surface area contributed by atoms with Gasteiger partial charge in [-0.3, -0.25) is 9.59 Å². The Labute approximate surface area is 201 Å². The van der Waals surface area contributed by atoms with Crippen molar-refractivity contribution in [1.82, 2.24) is 14.5 Å². The Kier molecular flexibility index (Phi) is 9.17. The SMILES string of the molecule is Cc1cccc(CN(C(=O)CN(c2ccc(F)cc2)S(=O)(=O)N(C)C)C(C)C(=O)NC(C)C)c1. The van der Waals surface area contributed by atoms with Gasteiger partial charge in [-0.1, -0.05) is 29.8 Å². The van der Waals surface area contributed by atoms with Crippen LogP contribution in [0.1, 0.15) is 31.9 Å². The van der Waals surface area contributed by atoms with Gasteiger partial charge in [0.05, 0.1) is 5.69 Å². The number of nitrogens with zero attached hydrogens (tertiary/aromatic N) is 3. The first-order chi connectivity index (χ1) is 15.8. The largest absolute Gasteiger partial charge is 0.352 e. The molecule has 186 valence electrons. The highest BCUT2D eigenvalue weighted by atomic mass is 32.2. The van der Waals surface area contributed by atoms with Crippen molar-refractivity contribution >= 4 is 27.7 Å². The first-order valence-corrected chi connectivity index (χ1v) is 12.3. The van der Waals surface area contributed by atoms with E-state index in [1.165, 1.54) is 31.1 Å². The van der Waals surface area contributed by atoms with E-state index in [4.69, 9.17) is 0 Å². The minimum absolute atomic E-state index is 0.118. The fourth-order valence-corrected chi connectivity index (χ4v) is 4.38. The maximum atomic E-state index is 13.5. The van der Waals surface area contributed by atoms with E-state index in [9.17, 15) is 22.4 Å². The van der Waals surface area contributed by atoms with E-state index >= 15 is 0 Å². The summed E-state index contributed by atoms with van der Waals surface area (Å²) in [5, 5.41) is 2.80. The van der Waals surface area contributed by atoms with Crippen molar-refractivity contribution in [2.45, 2.75) is 46.3 Å². The van der Waals surface area contributed by atoms with Crippen LogP contribution in [0.4, 0.5) is 10.1 Å². The van der Waals surface area contributed by atoms with Gasteiger partial charge in [0.15, 0.2) is 0 Å². The van der Waals surface area contributed by atoms with Crippen LogP contribution in [-0.4, -0.2) is 62.2 Å². The van der Waals surface area contributed by atoms with Gasteiger partial charge in [0.25, 0.3) is 0 Å². The second kappa shape index (κ2) is 11.4. The number of hydrogen-bond donors (Lipinski definition) is 1. The van der Waals surface area contributed by atoms with Crippen LogP contribution in [-0.2, 0) is 26.3 Å². The van der Waals surface area contributed by atoms with Crippen LogP contribution in [0.25, 0.3) is 0 Å². The highest BCUT2D eigenvalue weighted by molar-refractivity contribution is 7.90. The van der Waals surface area contributed by atoms with E-state index in [0.29, 0.717) is 0 Å². The van der Waals surface area contributed by atoms with E-state index in [-0.39, 0.29) is 24.2 Å². The van der Waals surface area contributed by atoms with Crippen molar-refractivity contribution in [3.63, 3.8) is 0 Å². The molecule has 1 N–H and O–H groups in total. The molecule has 0 spiro atoms. The first-order valence-electron chi connectivity index (χ1n) is 10.9. The zero-order chi connectivity index (χ0) is 25.6. The quantitative estimate of drug-likeness (QED) is 0.552. The Morgan fingerprint density at radius 2 is 1.65 bits per heavy atom. The highest BCUT2D eigenvalue weighted by Gasteiger charge is 2.32. The molecule has 34 heavy (non-hydrogen) atoms. The normalized spacial score (nSPS) is 12.5. The lowest BCUT2D eigenvalue weighted by Crippen LogP contribution is -2.53. The molecule has 0 saturated heterocycles. The lowest BCUT2D eigenvalue weighted by Gasteiger charge is -2.33.